The second-order valence-electron chi connectivity index (χ2n) is 2.53. The quantitative estimate of drug-likeness (QED) is 0.470. The van der Waals surface area contributed by atoms with E-state index in [1.165, 1.54) is 6.07 Å². The first-order valence-electron chi connectivity index (χ1n) is 4.04. The summed E-state index contributed by atoms with van der Waals surface area (Å²) in [6.07, 6.45) is 0. The van der Waals surface area contributed by atoms with Gasteiger partial charge in [0.25, 0.3) is 0 Å². The van der Waals surface area contributed by atoms with Crippen molar-refractivity contribution in [3.63, 3.8) is 0 Å². The molecule has 1 rings (SSSR count). The summed E-state index contributed by atoms with van der Waals surface area (Å²) in [5, 5.41) is 0. The van der Waals surface area contributed by atoms with Gasteiger partial charge in [0, 0.05) is 0 Å². The molecule has 0 saturated carbocycles. The minimum absolute atomic E-state index is 0.275. The van der Waals surface area contributed by atoms with Crippen LogP contribution in [0.5, 0.6) is 11.5 Å². The Hall–Kier alpha value is -1.70. The van der Waals surface area contributed by atoms with Crippen LogP contribution in [0.4, 0.5) is 23.2 Å². The van der Waals surface area contributed by atoms with E-state index in [9.17, 15) is 17.6 Å². The predicted octanol–water partition coefficient (Wildman–Crippen LogP) is 2.17. The molecule has 0 spiro atoms. The van der Waals surface area contributed by atoms with Crippen LogP contribution in [0.25, 0.3) is 0 Å². The molecule has 4 nitrogen and oxygen atoms in total. The lowest BCUT2D eigenvalue weighted by molar-refractivity contribution is -0.0533. The molecule has 0 radical (unpaired) electrons. The van der Waals surface area contributed by atoms with Gasteiger partial charge in [0.1, 0.15) is 5.69 Å². The highest BCUT2D eigenvalue weighted by Gasteiger charge is 2.15. The number of nitrogen functional groups attached to an aromatic ring is 1. The van der Waals surface area contributed by atoms with Crippen molar-refractivity contribution in [3.05, 3.63) is 18.2 Å². The van der Waals surface area contributed by atoms with E-state index in [1.807, 2.05) is 5.43 Å². The van der Waals surface area contributed by atoms with Crippen molar-refractivity contribution in [2.45, 2.75) is 13.2 Å². The Balaban J connectivity index is 3.00. The van der Waals surface area contributed by atoms with Crippen LogP contribution < -0.4 is 20.7 Å². The zero-order valence-corrected chi connectivity index (χ0v) is 7.79. The summed E-state index contributed by atoms with van der Waals surface area (Å²) in [7, 11) is 0. The smallest absolute Gasteiger partial charge is 0.387 e. The molecule has 0 atom stereocenters. The van der Waals surface area contributed by atoms with E-state index in [1.54, 1.807) is 0 Å². The van der Waals surface area contributed by atoms with Crippen molar-refractivity contribution < 1.29 is 27.0 Å². The molecule has 0 amide bonds. The van der Waals surface area contributed by atoms with Gasteiger partial charge in [0.15, 0.2) is 11.5 Å². The zero-order valence-electron chi connectivity index (χ0n) is 7.79. The molecule has 0 unspecified atom stereocenters. The van der Waals surface area contributed by atoms with Crippen molar-refractivity contribution in [1.82, 2.24) is 0 Å². The van der Waals surface area contributed by atoms with Gasteiger partial charge in [-0.2, -0.15) is 17.6 Å². The first-order chi connectivity index (χ1) is 7.54. The first-order valence-corrected chi connectivity index (χ1v) is 4.04. The minimum Gasteiger partial charge on any atom is -0.432 e. The van der Waals surface area contributed by atoms with Gasteiger partial charge < -0.3 is 14.9 Å². The summed E-state index contributed by atoms with van der Waals surface area (Å²) < 4.78 is 55.9. The number of alkyl halides is 4. The largest absolute Gasteiger partial charge is 0.432 e. The van der Waals surface area contributed by atoms with Crippen LogP contribution in [0.2, 0.25) is 0 Å². The van der Waals surface area contributed by atoms with Crippen LogP contribution in [0.15, 0.2) is 18.2 Å². The monoisotopic (exact) mass is 240 g/mol. The Labute approximate surface area is 87.9 Å². The lowest BCUT2D eigenvalue weighted by Gasteiger charge is -2.14. The Morgan fingerprint density at radius 3 is 1.75 bits per heavy atom. The van der Waals surface area contributed by atoms with Gasteiger partial charge in [0.2, 0.25) is 0 Å². The highest BCUT2D eigenvalue weighted by atomic mass is 19.3. The van der Waals surface area contributed by atoms with E-state index in [4.69, 9.17) is 5.84 Å². The molecule has 0 saturated heterocycles. The van der Waals surface area contributed by atoms with Gasteiger partial charge in [-0.3, -0.25) is 5.84 Å². The zero-order chi connectivity index (χ0) is 12.1. The van der Waals surface area contributed by atoms with Gasteiger partial charge in [-0.1, -0.05) is 6.07 Å². The normalized spacial score (nSPS) is 10.7. The van der Waals surface area contributed by atoms with E-state index in [0.717, 1.165) is 12.1 Å². The van der Waals surface area contributed by atoms with Crippen LogP contribution in [0.3, 0.4) is 0 Å². The Morgan fingerprint density at radius 2 is 1.44 bits per heavy atom. The molecule has 0 heterocycles. The van der Waals surface area contributed by atoms with Crippen LogP contribution in [0, 0.1) is 0 Å². The summed E-state index contributed by atoms with van der Waals surface area (Å²) in [4.78, 5) is 0. The fourth-order valence-electron chi connectivity index (χ4n) is 1.04. The molecule has 0 aliphatic heterocycles. The molecule has 1 aromatic carbocycles. The lowest BCUT2D eigenvalue weighted by atomic mass is 10.2. The molecule has 90 valence electrons. The molecule has 1 aromatic rings. The molecule has 0 aliphatic carbocycles. The van der Waals surface area contributed by atoms with Gasteiger partial charge >= 0.3 is 13.2 Å². The van der Waals surface area contributed by atoms with Crippen LogP contribution in [-0.2, 0) is 0 Å². The number of para-hydroxylation sites is 1. The van der Waals surface area contributed by atoms with E-state index in [2.05, 4.69) is 9.47 Å². The number of nitrogens with one attached hydrogen (secondary N) is 1. The average Bonchev–Trinajstić information content (AvgIpc) is 2.16. The number of anilines is 1. The predicted molar refractivity (Wildman–Crippen MR) is 47.5 cm³/mol. The van der Waals surface area contributed by atoms with Gasteiger partial charge in [-0.05, 0) is 12.1 Å². The number of halogens is 4. The number of rotatable bonds is 5. The number of hydrogen-bond donors (Lipinski definition) is 2. The summed E-state index contributed by atoms with van der Waals surface area (Å²) in [5.41, 5.74) is 1.68. The highest BCUT2D eigenvalue weighted by Crippen LogP contribution is 2.35. The fourth-order valence-corrected chi connectivity index (χ4v) is 1.04. The maximum Gasteiger partial charge on any atom is 0.387 e. The van der Waals surface area contributed by atoms with Gasteiger partial charge in [-0.25, -0.2) is 0 Å². The SMILES string of the molecule is NNc1c(OC(F)F)cccc1OC(F)F. The molecule has 0 aromatic heterocycles. The van der Waals surface area contributed by atoms with Crippen molar-refractivity contribution in [1.29, 1.82) is 0 Å². The third-order valence-corrected chi connectivity index (χ3v) is 1.56. The molecular formula is C8H8F4N2O2. The number of ether oxygens (including phenoxy) is 2. The highest BCUT2D eigenvalue weighted by molar-refractivity contribution is 5.65. The molecule has 0 bridgehead atoms. The Morgan fingerprint density at radius 1 is 1.00 bits per heavy atom. The first kappa shape index (κ1) is 12.4. The Bertz CT molecular complexity index is 321. The van der Waals surface area contributed by atoms with E-state index >= 15 is 0 Å². The molecular weight excluding hydrogens is 232 g/mol. The van der Waals surface area contributed by atoms with Crippen LogP contribution >= 0.6 is 0 Å². The maximum atomic E-state index is 12.0. The van der Waals surface area contributed by atoms with Crippen molar-refractivity contribution in [2.24, 2.45) is 5.84 Å². The standard InChI is InChI=1S/C8H8F4N2O2/c9-7(10)15-4-2-1-3-5(6(4)14-13)16-8(11)12/h1-3,7-8,14H,13H2. The third kappa shape index (κ3) is 3.16. The van der Waals surface area contributed by atoms with Crippen molar-refractivity contribution in [3.8, 4) is 11.5 Å². The van der Waals surface area contributed by atoms with Gasteiger partial charge in [-0.15, -0.1) is 0 Å². The maximum absolute atomic E-state index is 12.0. The summed E-state index contributed by atoms with van der Waals surface area (Å²) in [5.74, 6) is 4.25. The topological polar surface area (TPSA) is 56.5 Å². The van der Waals surface area contributed by atoms with Crippen LogP contribution in [0.1, 0.15) is 0 Å². The number of hydrogen-bond acceptors (Lipinski definition) is 4. The second-order valence-corrected chi connectivity index (χ2v) is 2.53. The van der Waals surface area contributed by atoms with E-state index < -0.39 is 13.2 Å². The minimum atomic E-state index is -3.09. The van der Waals surface area contributed by atoms with E-state index in [-0.39, 0.29) is 17.2 Å². The summed E-state index contributed by atoms with van der Waals surface area (Å²) in [6.45, 7) is -6.18. The molecule has 0 fully saturated rings. The number of nitrogens with two attached hydrogens (primary N) is 1. The third-order valence-electron chi connectivity index (χ3n) is 1.56. The second kappa shape index (κ2) is 5.40. The fraction of sp³-hybridized carbons (Fsp3) is 0.250. The van der Waals surface area contributed by atoms with Crippen molar-refractivity contribution in [2.75, 3.05) is 5.43 Å². The van der Waals surface area contributed by atoms with Gasteiger partial charge in [0.05, 0.1) is 0 Å². The van der Waals surface area contributed by atoms with Crippen molar-refractivity contribution >= 4 is 5.69 Å². The van der Waals surface area contributed by atoms with E-state index in [0.29, 0.717) is 0 Å². The molecule has 0 aliphatic rings. The summed E-state index contributed by atoms with van der Waals surface area (Å²) in [6, 6.07) is 3.50. The molecule has 8 heteroatoms. The lowest BCUT2D eigenvalue weighted by Crippen LogP contribution is -2.13. The summed E-state index contributed by atoms with van der Waals surface area (Å²) >= 11 is 0. The van der Waals surface area contributed by atoms with Crippen LogP contribution in [-0.4, -0.2) is 13.2 Å². The number of benzene rings is 1. The Kier molecular flexibility index (Phi) is 4.18. The molecule has 3 N–H and O–H groups in total. The molecule has 16 heavy (non-hydrogen) atoms. The average molecular weight is 240 g/mol. The number of hydrazine groups is 1.